The summed E-state index contributed by atoms with van der Waals surface area (Å²) >= 11 is 3.53. The van der Waals surface area contributed by atoms with Crippen LogP contribution in [0.15, 0.2) is 87.2 Å². The third-order valence-corrected chi connectivity index (χ3v) is 7.97. The Hall–Kier alpha value is -5.03. The molecule has 1 aromatic heterocycles. The van der Waals surface area contributed by atoms with Crippen molar-refractivity contribution in [2.45, 2.75) is 40.5 Å². The van der Waals surface area contributed by atoms with Gasteiger partial charge in [-0.15, -0.1) is 0 Å². The third kappa shape index (κ3) is 7.74. The Morgan fingerprint density at radius 2 is 1.75 bits per heavy atom. The number of hydrogen-bond donors (Lipinski definition) is 1. The number of hydrogen-bond acceptors (Lipinski definition) is 7. The number of fused-ring (bicyclic) bond motifs is 1. The first-order valence-electron chi connectivity index (χ1n) is 15.6. The number of para-hydroxylation sites is 1. The standard InChI is InChI=1S/C37H36BrFN4O5/c1-6-46-32-15-23(5)29(19-28(32)22(3)4)36-42-31-14-9-8-13-27(31)37(45)43(36)40-20-24-16-30(38)35(33(17-24)47-7-2)48-21-34(44)41-26-12-10-11-25(39)18-26/h8-20,22H,6-7,21H2,1-5H3,(H,41,44). The molecule has 11 heteroatoms. The molecular weight excluding hydrogens is 679 g/mol. The largest absolute Gasteiger partial charge is 0.494 e. The van der Waals surface area contributed by atoms with Gasteiger partial charge in [0.1, 0.15) is 11.6 Å². The van der Waals surface area contributed by atoms with Gasteiger partial charge in [0.25, 0.3) is 11.5 Å². The van der Waals surface area contributed by atoms with Crippen LogP contribution in [0.25, 0.3) is 22.3 Å². The zero-order valence-electron chi connectivity index (χ0n) is 27.3. The van der Waals surface area contributed by atoms with Crippen molar-refractivity contribution in [3.63, 3.8) is 0 Å². The monoisotopic (exact) mass is 714 g/mol. The van der Waals surface area contributed by atoms with Gasteiger partial charge in [0.2, 0.25) is 0 Å². The fourth-order valence-corrected chi connectivity index (χ4v) is 5.74. The number of anilines is 1. The fraction of sp³-hybridized carbons (Fsp3) is 0.243. The maximum Gasteiger partial charge on any atom is 0.282 e. The van der Waals surface area contributed by atoms with Crippen LogP contribution in [-0.2, 0) is 4.79 Å². The maximum absolute atomic E-state index is 13.9. The van der Waals surface area contributed by atoms with E-state index in [4.69, 9.17) is 19.2 Å². The Morgan fingerprint density at radius 3 is 2.48 bits per heavy atom. The predicted molar refractivity (Wildman–Crippen MR) is 190 cm³/mol. The van der Waals surface area contributed by atoms with Crippen molar-refractivity contribution in [3.8, 4) is 28.6 Å². The third-order valence-electron chi connectivity index (χ3n) is 7.38. The molecule has 1 amide bonds. The summed E-state index contributed by atoms with van der Waals surface area (Å²) in [4.78, 5) is 31.3. The average Bonchev–Trinajstić information content (AvgIpc) is 3.04. The van der Waals surface area contributed by atoms with Gasteiger partial charge in [0.05, 0.1) is 34.8 Å². The number of halogens is 2. The number of carbonyl (C=O) groups excluding carboxylic acids is 1. The molecule has 0 atom stereocenters. The van der Waals surface area contributed by atoms with E-state index >= 15 is 0 Å². The van der Waals surface area contributed by atoms with Gasteiger partial charge in [0.15, 0.2) is 23.9 Å². The molecule has 0 spiro atoms. The molecule has 1 heterocycles. The number of amides is 1. The van der Waals surface area contributed by atoms with E-state index in [9.17, 15) is 14.0 Å². The summed E-state index contributed by atoms with van der Waals surface area (Å²) in [6.07, 6.45) is 1.54. The zero-order chi connectivity index (χ0) is 34.4. The second-order valence-corrected chi connectivity index (χ2v) is 12.1. The van der Waals surface area contributed by atoms with Crippen molar-refractivity contribution in [1.82, 2.24) is 9.66 Å². The van der Waals surface area contributed by atoms with Gasteiger partial charge >= 0.3 is 0 Å². The van der Waals surface area contributed by atoms with E-state index in [1.807, 2.05) is 45.0 Å². The molecule has 0 aliphatic heterocycles. The van der Waals surface area contributed by atoms with Gasteiger partial charge in [-0.05, 0) is 114 Å². The molecule has 4 aromatic carbocycles. The smallest absolute Gasteiger partial charge is 0.282 e. The van der Waals surface area contributed by atoms with Crippen molar-refractivity contribution >= 4 is 44.6 Å². The highest BCUT2D eigenvalue weighted by Crippen LogP contribution is 2.37. The van der Waals surface area contributed by atoms with E-state index in [0.29, 0.717) is 57.2 Å². The van der Waals surface area contributed by atoms with Crippen LogP contribution >= 0.6 is 15.9 Å². The van der Waals surface area contributed by atoms with Crippen LogP contribution in [0, 0.1) is 12.7 Å². The van der Waals surface area contributed by atoms with Gasteiger partial charge < -0.3 is 19.5 Å². The first-order chi connectivity index (χ1) is 23.1. The Kier molecular flexibility index (Phi) is 10.9. The predicted octanol–water partition coefficient (Wildman–Crippen LogP) is 8.09. The summed E-state index contributed by atoms with van der Waals surface area (Å²) in [6.45, 7) is 10.4. The molecular formula is C37H36BrFN4O5. The Bertz CT molecular complexity index is 2060. The lowest BCUT2D eigenvalue weighted by molar-refractivity contribution is -0.118. The fourth-order valence-electron chi connectivity index (χ4n) is 5.17. The van der Waals surface area contributed by atoms with Crippen LogP contribution in [0.5, 0.6) is 17.2 Å². The van der Waals surface area contributed by atoms with E-state index < -0.39 is 11.7 Å². The van der Waals surface area contributed by atoms with Gasteiger partial charge in [0, 0.05) is 11.3 Å². The van der Waals surface area contributed by atoms with E-state index in [0.717, 1.165) is 22.4 Å². The van der Waals surface area contributed by atoms with E-state index in [2.05, 4.69) is 40.2 Å². The summed E-state index contributed by atoms with van der Waals surface area (Å²) in [6, 6.07) is 20.2. The van der Waals surface area contributed by atoms with Crippen molar-refractivity contribution < 1.29 is 23.4 Å². The van der Waals surface area contributed by atoms with Crippen LogP contribution in [0.2, 0.25) is 0 Å². The molecule has 0 bridgehead atoms. The quantitative estimate of drug-likeness (QED) is 0.131. The summed E-state index contributed by atoms with van der Waals surface area (Å²) in [5.74, 6) is 1.09. The molecule has 0 aliphatic carbocycles. The van der Waals surface area contributed by atoms with Crippen LogP contribution in [-0.4, -0.2) is 41.6 Å². The molecule has 0 unspecified atom stereocenters. The molecule has 0 radical (unpaired) electrons. The van der Waals surface area contributed by atoms with Crippen molar-refractivity contribution in [3.05, 3.63) is 110 Å². The Morgan fingerprint density at radius 1 is 1.00 bits per heavy atom. The first kappa shape index (κ1) is 34.3. The van der Waals surface area contributed by atoms with Crippen LogP contribution < -0.4 is 25.1 Å². The van der Waals surface area contributed by atoms with E-state index in [-0.39, 0.29) is 18.1 Å². The maximum atomic E-state index is 13.9. The topological polar surface area (TPSA) is 104 Å². The SMILES string of the molecule is CCOc1cc(C)c(-c2nc3ccccc3c(=O)n2N=Cc2cc(Br)c(OCC(=O)Nc3cccc(F)c3)c(OCC)c2)cc1C(C)C. The van der Waals surface area contributed by atoms with Crippen LogP contribution in [0.1, 0.15) is 50.3 Å². The lowest BCUT2D eigenvalue weighted by Gasteiger charge is -2.18. The molecule has 248 valence electrons. The highest BCUT2D eigenvalue weighted by atomic mass is 79.9. The minimum Gasteiger partial charge on any atom is -0.494 e. The van der Waals surface area contributed by atoms with Crippen molar-refractivity contribution in [1.29, 1.82) is 0 Å². The number of ether oxygens (including phenoxy) is 3. The van der Waals surface area contributed by atoms with Crippen LogP contribution in [0.3, 0.4) is 0 Å². The van der Waals surface area contributed by atoms with Gasteiger partial charge in [-0.25, -0.2) is 9.37 Å². The van der Waals surface area contributed by atoms with Gasteiger partial charge in [-0.1, -0.05) is 32.0 Å². The minimum absolute atomic E-state index is 0.164. The lowest BCUT2D eigenvalue weighted by Crippen LogP contribution is -2.21. The summed E-state index contributed by atoms with van der Waals surface area (Å²) in [5.41, 5.74) is 3.81. The number of benzene rings is 4. The molecule has 1 N–H and O–H groups in total. The summed E-state index contributed by atoms with van der Waals surface area (Å²) < 4.78 is 32.9. The first-order valence-corrected chi connectivity index (χ1v) is 16.4. The molecule has 5 rings (SSSR count). The normalized spacial score (nSPS) is 11.3. The van der Waals surface area contributed by atoms with E-state index in [1.165, 1.54) is 22.9 Å². The number of aryl methyl sites for hydroxylation is 1. The number of aromatic nitrogens is 2. The number of nitrogens with one attached hydrogen (secondary N) is 1. The molecule has 9 nitrogen and oxygen atoms in total. The number of nitrogens with zero attached hydrogens (tertiary/aromatic N) is 3. The summed E-state index contributed by atoms with van der Waals surface area (Å²) in [7, 11) is 0. The van der Waals surface area contributed by atoms with Crippen molar-refractivity contribution in [2.75, 3.05) is 25.1 Å². The lowest BCUT2D eigenvalue weighted by atomic mass is 9.96. The Balaban J connectivity index is 1.52. The molecule has 5 aromatic rings. The number of carbonyl (C=O) groups is 1. The van der Waals surface area contributed by atoms with Gasteiger partial charge in [-0.3, -0.25) is 9.59 Å². The van der Waals surface area contributed by atoms with Crippen molar-refractivity contribution in [2.24, 2.45) is 5.10 Å². The van der Waals surface area contributed by atoms with E-state index in [1.54, 1.807) is 36.5 Å². The summed E-state index contributed by atoms with van der Waals surface area (Å²) in [5, 5.41) is 7.69. The Labute approximate surface area is 286 Å². The van der Waals surface area contributed by atoms with Gasteiger partial charge in [-0.2, -0.15) is 9.78 Å². The molecule has 0 saturated heterocycles. The number of rotatable bonds is 12. The highest BCUT2D eigenvalue weighted by Gasteiger charge is 2.19. The highest BCUT2D eigenvalue weighted by molar-refractivity contribution is 9.10. The molecule has 0 aliphatic rings. The zero-order valence-corrected chi connectivity index (χ0v) is 28.9. The van der Waals surface area contributed by atoms with Crippen LogP contribution in [0.4, 0.5) is 10.1 Å². The molecule has 48 heavy (non-hydrogen) atoms. The second kappa shape index (κ2) is 15.2. The average molecular weight is 716 g/mol. The molecule has 0 saturated carbocycles. The second-order valence-electron chi connectivity index (χ2n) is 11.2. The molecule has 0 fully saturated rings. The minimum atomic E-state index is -0.471.